The molecule has 1 heterocycles. The number of rotatable bonds is 1. The van der Waals surface area contributed by atoms with Crippen LogP contribution in [0.3, 0.4) is 0 Å². The van der Waals surface area contributed by atoms with Crippen LogP contribution in [0.15, 0.2) is 4.99 Å². The van der Waals surface area contributed by atoms with Gasteiger partial charge >= 0.3 is 0 Å². The Morgan fingerprint density at radius 3 is 2.64 bits per heavy atom. The summed E-state index contributed by atoms with van der Waals surface area (Å²) in [7, 11) is 1.62. The summed E-state index contributed by atoms with van der Waals surface area (Å²) in [5, 5.41) is 2.64. The molecular weight excluding hydrogens is 180 g/mol. The number of carbonyl (C=O) groups excluding carboxylic acids is 1. The minimum Gasteiger partial charge on any atom is -0.451 e. The Hall–Kier alpha value is -1.06. The summed E-state index contributed by atoms with van der Waals surface area (Å²) >= 11 is 0. The van der Waals surface area contributed by atoms with Gasteiger partial charge in [-0.25, -0.2) is 4.99 Å². The van der Waals surface area contributed by atoms with Crippen LogP contribution in [-0.4, -0.2) is 25.1 Å². The zero-order valence-electron chi connectivity index (χ0n) is 8.45. The molecule has 2 aliphatic rings. The maximum absolute atomic E-state index is 11.5. The Balaban J connectivity index is 2.00. The van der Waals surface area contributed by atoms with Crippen LogP contribution in [0.25, 0.3) is 0 Å². The van der Waals surface area contributed by atoms with E-state index in [0.717, 1.165) is 12.8 Å². The van der Waals surface area contributed by atoms with Crippen LogP contribution in [0.4, 0.5) is 0 Å². The van der Waals surface area contributed by atoms with Gasteiger partial charge in [0.1, 0.15) is 0 Å². The maximum atomic E-state index is 11.5. The monoisotopic (exact) mass is 196 g/mol. The first kappa shape index (κ1) is 9.49. The smallest absolute Gasteiger partial charge is 0.292 e. The maximum Gasteiger partial charge on any atom is 0.292 e. The summed E-state index contributed by atoms with van der Waals surface area (Å²) in [5.74, 6) is 0.375. The molecule has 1 amide bonds. The van der Waals surface area contributed by atoms with E-state index in [1.165, 1.54) is 19.3 Å². The van der Waals surface area contributed by atoms with Gasteiger partial charge in [-0.05, 0) is 12.8 Å². The van der Waals surface area contributed by atoms with Crippen molar-refractivity contribution in [3.63, 3.8) is 0 Å². The standard InChI is InChI=1S/C10H16N2O2/c1-11-10-12-9(13)8(14-10)7-5-3-2-4-6-7/h7-8H,2-6H2,1H3,(H,11,12,13). The molecule has 1 unspecified atom stereocenters. The first-order valence-electron chi connectivity index (χ1n) is 5.25. The van der Waals surface area contributed by atoms with Crippen molar-refractivity contribution in [3.05, 3.63) is 0 Å². The fourth-order valence-electron chi connectivity index (χ4n) is 2.24. The topological polar surface area (TPSA) is 50.7 Å². The van der Waals surface area contributed by atoms with E-state index in [0.29, 0.717) is 11.9 Å². The molecule has 1 aliphatic carbocycles. The van der Waals surface area contributed by atoms with Crippen molar-refractivity contribution in [1.29, 1.82) is 0 Å². The van der Waals surface area contributed by atoms with Crippen LogP contribution in [0.2, 0.25) is 0 Å². The predicted molar refractivity (Wildman–Crippen MR) is 52.9 cm³/mol. The van der Waals surface area contributed by atoms with E-state index in [9.17, 15) is 4.79 Å². The van der Waals surface area contributed by atoms with Gasteiger partial charge in [-0.2, -0.15) is 0 Å². The Kier molecular flexibility index (Phi) is 2.70. The lowest BCUT2D eigenvalue weighted by Crippen LogP contribution is -2.32. The second-order valence-electron chi connectivity index (χ2n) is 3.95. The van der Waals surface area contributed by atoms with Gasteiger partial charge < -0.3 is 4.74 Å². The molecule has 0 radical (unpaired) electrons. The predicted octanol–water partition coefficient (Wildman–Crippen LogP) is 1.07. The largest absolute Gasteiger partial charge is 0.451 e. The highest BCUT2D eigenvalue weighted by Crippen LogP contribution is 2.29. The zero-order valence-corrected chi connectivity index (χ0v) is 8.45. The van der Waals surface area contributed by atoms with E-state index >= 15 is 0 Å². The molecule has 4 nitrogen and oxygen atoms in total. The second kappa shape index (κ2) is 3.98. The number of amides is 1. The molecule has 0 spiro atoms. The van der Waals surface area contributed by atoms with Gasteiger partial charge in [-0.15, -0.1) is 0 Å². The highest BCUT2D eigenvalue weighted by Gasteiger charge is 2.37. The van der Waals surface area contributed by atoms with Crippen molar-refractivity contribution >= 4 is 11.9 Å². The van der Waals surface area contributed by atoms with E-state index in [1.54, 1.807) is 7.05 Å². The van der Waals surface area contributed by atoms with Crippen LogP contribution in [0.1, 0.15) is 32.1 Å². The fraction of sp³-hybridized carbons (Fsp3) is 0.800. The van der Waals surface area contributed by atoms with E-state index in [2.05, 4.69) is 10.3 Å². The van der Waals surface area contributed by atoms with Gasteiger partial charge in [0, 0.05) is 13.0 Å². The molecule has 2 rings (SSSR count). The average molecular weight is 196 g/mol. The Labute approximate surface area is 83.7 Å². The third kappa shape index (κ3) is 1.74. The summed E-state index contributed by atoms with van der Waals surface area (Å²) in [6.07, 6.45) is 5.66. The molecule has 1 aliphatic heterocycles. The lowest BCUT2D eigenvalue weighted by molar-refractivity contribution is -0.125. The van der Waals surface area contributed by atoms with Crippen molar-refractivity contribution in [2.24, 2.45) is 10.9 Å². The van der Waals surface area contributed by atoms with Crippen molar-refractivity contribution in [2.75, 3.05) is 7.05 Å². The molecule has 1 saturated carbocycles. The molecule has 0 aromatic carbocycles. The number of aliphatic imine (C=N–C) groups is 1. The molecule has 78 valence electrons. The highest BCUT2D eigenvalue weighted by molar-refractivity contribution is 6.02. The zero-order chi connectivity index (χ0) is 9.97. The van der Waals surface area contributed by atoms with Gasteiger partial charge in [0.2, 0.25) is 0 Å². The molecule has 0 aromatic heterocycles. The SMILES string of the molecule is CN=C1NC(=O)C(C2CCCCC2)O1. The van der Waals surface area contributed by atoms with E-state index in [1.807, 2.05) is 0 Å². The van der Waals surface area contributed by atoms with Gasteiger partial charge in [-0.1, -0.05) is 19.3 Å². The second-order valence-corrected chi connectivity index (χ2v) is 3.95. The van der Waals surface area contributed by atoms with E-state index in [-0.39, 0.29) is 12.0 Å². The van der Waals surface area contributed by atoms with Crippen LogP contribution in [0.5, 0.6) is 0 Å². The van der Waals surface area contributed by atoms with Gasteiger partial charge in [0.15, 0.2) is 6.10 Å². The normalized spacial score (nSPS) is 31.6. The summed E-state index contributed by atoms with van der Waals surface area (Å²) in [6.45, 7) is 0. The molecule has 1 atom stereocenters. The third-order valence-corrected chi connectivity index (χ3v) is 3.01. The lowest BCUT2D eigenvalue weighted by atomic mass is 9.85. The van der Waals surface area contributed by atoms with E-state index in [4.69, 9.17) is 4.74 Å². The first-order valence-corrected chi connectivity index (χ1v) is 5.25. The minimum atomic E-state index is -0.283. The van der Waals surface area contributed by atoms with Crippen molar-refractivity contribution < 1.29 is 9.53 Å². The summed E-state index contributed by atoms with van der Waals surface area (Å²) in [6, 6.07) is 0.380. The summed E-state index contributed by atoms with van der Waals surface area (Å²) in [4.78, 5) is 15.4. The van der Waals surface area contributed by atoms with E-state index < -0.39 is 0 Å². The third-order valence-electron chi connectivity index (χ3n) is 3.01. The van der Waals surface area contributed by atoms with Crippen molar-refractivity contribution in [3.8, 4) is 0 Å². The number of carbonyl (C=O) groups is 1. The summed E-state index contributed by atoms with van der Waals surface area (Å²) < 4.78 is 5.45. The first-order chi connectivity index (χ1) is 6.81. The highest BCUT2D eigenvalue weighted by atomic mass is 16.5. The Morgan fingerprint density at radius 2 is 2.07 bits per heavy atom. The minimum absolute atomic E-state index is 0.0162. The van der Waals surface area contributed by atoms with Crippen molar-refractivity contribution in [2.45, 2.75) is 38.2 Å². The quantitative estimate of drug-likeness (QED) is 0.682. The molecule has 1 saturated heterocycles. The number of nitrogens with zero attached hydrogens (tertiary/aromatic N) is 1. The van der Waals surface area contributed by atoms with Gasteiger partial charge in [-0.3, -0.25) is 10.1 Å². The molecular formula is C10H16N2O2. The number of nitrogens with one attached hydrogen (secondary N) is 1. The molecule has 0 bridgehead atoms. The average Bonchev–Trinajstić information content (AvgIpc) is 2.61. The van der Waals surface area contributed by atoms with Crippen LogP contribution < -0.4 is 5.32 Å². The summed E-state index contributed by atoms with van der Waals surface area (Å²) in [5.41, 5.74) is 0. The van der Waals surface area contributed by atoms with Crippen molar-refractivity contribution in [1.82, 2.24) is 5.32 Å². The van der Waals surface area contributed by atoms with Crippen LogP contribution in [-0.2, 0) is 9.53 Å². The van der Waals surface area contributed by atoms with Gasteiger partial charge in [0.25, 0.3) is 11.9 Å². The van der Waals surface area contributed by atoms with Crippen LogP contribution in [0, 0.1) is 5.92 Å². The fourth-order valence-corrected chi connectivity index (χ4v) is 2.24. The van der Waals surface area contributed by atoms with Crippen LogP contribution >= 0.6 is 0 Å². The Bertz CT molecular complexity index is 257. The molecule has 0 aromatic rings. The number of ether oxygens (including phenoxy) is 1. The number of amidine groups is 1. The molecule has 14 heavy (non-hydrogen) atoms. The molecule has 2 fully saturated rings. The lowest BCUT2D eigenvalue weighted by Gasteiger charge is -2.24. The number of hydrogen-bond acceptors (Lipinski definition) is 3. The molecule has 4 heteroatoms. The molecule has 1 N–H and O–H groups in total. The van der Waals surface area contributed by atoms with Gasteiger partial charge in [0.05, 0.1) is 0 Å². The number of hydrogen-bond donors (Lipinski definition) is 1. The Morgan fingerprint density at radius 1 is 1.36 bits per heavy atom.